The van der Waals surface area contributed by atoms with Crippen molar-refractivity contribution >= 4 is 5.91 Å². The van der Waals surface area contributed by atoms with Crippen LogP contribution in [0.1, 0.15) is 53.7 Å². The molecule has 3 aromatic rings. The van der Waals surface area contributed by atoms with Gasteiger partial charge in [0.05, 0.1) is 20.8 Å². The van der Waals surface area contributed by atoms with E-state index in [1.165, 1.54) is 12.5 Å². The van der Waals surface area contributed by atoms with Gasteiger partial charge in [-0.3, -0.25) is 4.79 Å². The van der Waals surface area contributed by atoms with Gasteiger partial charge in [0.2, 0.25) is 0 Å². The normalized spacial score (nSPS) is 14.2. The van der Waals surface area contributed by atoms with E-state index < -0.39 is 0 Å². The summed E-state index contributed by atoms with van der Waals surface area (Å²) in [5, 5.41) is 0. The van der Waals surface area contributed by atoms with Crippen molar-refractivity contribution in [2.24, 2.45) is 0 Å². The van der Waals surface area contributed by atoms with Gasteiger partial charge in [0, 0.05) is 36.1 Å². The van der Waals surface area contributed by atoms with Crippen LogP contribution in [0.25, 0.3) is 0 Å². The molecular weight excluding hydrogens is 419 g/mol. The number of halogens is 1. The Morgan fingerprint density at radius 1 is 1.00 bits per heavy atom. The molecule has 0 bridgehead atoms. The van der Waals surface area contributed by atoms with Crippen LogP contribution < -0.4 is 9.47 Å². The minimum absolute atomic E-state index is 0.0300. The molecule has 0 atom stereocenters. The molecule has 1 fully saturated rings. The summed E-state index contributed by atoms with van der Waals surface area (Å²) in [7, 11) is 3.17. The Hall–Kier alpha value is -3.28. The van der Waals surface area contributed by atoms with Gasteiger partial charge in [-0.2, -0.15) is 0 Å². The van der Waals surface area contributed by atoms with Gasteiger partial charge in [0.15, 0.2) is 0 Å². The van der Waals surface area contributed by atoms with E-state index in [4.69, 9.17) is 9.47 Å². The molecule has 4 rings (SSSR count). The van der Waals surface area contributed by atoms with Crippen molar-refractivity contribution in [2.45, 2.75) is 51.2 Å². The van der Waals surface area contributed by atoms with Crippen LogP contribution in [0.2, 0.25) is 0 Å². The van der Waals surface area contributed by atoms with Crippen LogP contribution >= 0.6 is 0 Å². The van der Waals surface area contributed by atoms with Crippen LogP contribution in [-0.4, -0.2) is 35.6 Å². The van der Waals surface area contributed by atoms with Gasteiger partial charge < -0.3 is 18.9 Å². The molecule has 33 heavy (non-hydrogen) atoms. The third-order valence-electron chi connectivity index (χ3n) is 6.37. The number of ether oxygens (including phenoxy) is 2. The van der Waals surface area contributed by atoms with Gasteiger partial charge in [-0.25, -0.2) is 4.39 Å². The number of hydrogen-bond acceptors (Lipinski definition) is 3. The van der Waals surface area contributed by atoms with Crippen LogP contribution in [0, 0.1) is 5.82 Å². The molecule has 0 aliphatic heterocycles. The molecule has 2 aromatic carbocycles. The molecule has 1 aliphatic rings. The van der Waals surface area contributed by atoms with Crippen molar-refractivity contribution in [3.63, 3.8) is 0 Å². The maximum Gasteiger partial charge on any atom is 0.254 e. The first-order valence-electron chi connectivity index (χ1n) is 11.5. The molecule has 0 saturated heterocycles. The summed E-state index contributed by atoms with van der Waals surface area (Å²) < 4.78 is 26.5. The summed E-state index contributed by atoms with van der Waals surface area (Å²) >= 11 is 0. The largest absolute Gasteiger partial charge is 0.497 e. The van der Waals surface area contributed by atoms with Crippen molar-refractivity contribution in [3.05, 3.63) is 83.4 Å². The predicted octanol–water partition coefficient (Wildman–Crippen LogP) is 5.67. The van der Waals surface area contributed by atoms with Crippen LogP contribution in [0.5, 0.6) is 11.5 Å². The average Bonchev–Trinajstić information content (AvgIpc) is 3.28. The lowest BCUT2D eigenvalue weighted by molar-refractivity contribution is 0.0608. The smallest absolute Gasteiger partial charge is 0.254 e. The minimum Gasteiger partial charge on any atom is -0.497 e. The van der Waals surface area contributed by atoms with E-state index in [1.54, 1.807) is 44.6 Å². The van der Waals surface area contributed by atoms with Crippen LogP contribution in [0.3, 0.4) is 0 Å². The Labute approximate surface area is 194 Å². The molecule has 1 aromatic heterocycles. The van der Waals surface area contributed by atoms with E-state index in [0.29, 0.717) is 30.2 Å². The number of carbonyl (C=O) groups excluding carboxylic acids is 1. The van der Waals surface area contributed by atoms with Gasteiger partial charge in [-0.1, -0.05) is 31.4 Å². The minimum atomic E-state index is -0.243. The van der Waals surface area contributed by atoms with Crippen LogP contribution in [0.15, 0.2) is 60.8 Å². The zero-order valence-electron chi connectivity index (χ0n) is 19.3. The lowest BCUT2D eigenvalue weighted by Gasteiger charge is -2.35. The fraction of sp³-hybridized carbons (Fsp3) is 0.370. The summed E-state index contributed by atoms with van der Waals surface area (Å²) in [6.07, 6.45) is 7.44. The summed E-state index contributed by atoms with van der Waals surface area (Å²) in [4.78, 5) is 15.8. The second-order valence-electron chi connectivity index (χ2n) is 8.58. The Kier molecular flexibility index (Phi) is 7.33. The fourth-order valence-electron chi connectivity index (χ4n) is 4.61. The summed E-state index contributed by atoms with van der Waals surface area (Å²) in [6.45, 7) is 1.05. The Bertz CT molecular complexity index is 1070. The fourth-order valence-corrected chi connectivity index (χ4v) is 4.61. The molecule has 0 unspecified atom stereocenters. The lowest BCUT2D eigenvalue weighted by atomic mass is 9.93. The van der Waals surface area contributed by atoms with Crippen molar-refractivity contribution < 1.29 is 18.7 Å². The highest BCUT2D eigenvalue weighted by molar-refractivity contribution is 5.95. The number of methoxy groups -OCH3 is 2. The highest BCUT2D eigenvalue weighted by atomic mass is 19.1. The van der Waals surface area contributed by atoms with E-state index in [9.17, 15) is 9.18 Å². The standard InChI is InChI=1S/C27H31FN2O3/c1-32-25-15-21(16-26(17-25)33-2)27(31)30(23-10-4-3-5-11-23)19-24-12-7-13-29(24)18-20-8-6-9-22(28)14-20/h6-9,12-17,23H,3-5,10-11,18-19H2,1-2H3. The number of amides is 1. The number of hydrogen-bond donors (Lipinski definition) is 0. The highest BCUT2D eigenvalue weighted by Gasteiger charge is 2.28. The Morgan fingerprint density at radius 3 is 2.39 bits per heavy atom. The van der Waals surface area contributed by atoms with Crippen molar-refractivity contribution in [3.8, 4) is 11.5 Å². The van der Waals surface area contributed by atoms with Crippen molar-refractivity contribution in [1.82, 2.24) is 9.47 Å². The Morgan fingerprint density at radius 2 is 1.73 bits per heavy atom. The third-order valence-corrected chi connectivity index (χ3v) is 6.37. The van der Waals surface area contributed by atoms with E-state index >= 15 is 0 Å². The van der Waals surface area contributed by atoms with Crippen molar-refractivity contribution in [2.75, 3.05) is 14.2 Å². The maximum atomic E-state index is 13.8. The van der Waals surface area contributed by atoms with Crippen LogP contribution in [0.4, 0.5) is 4.39 Å². The lowest BCUT2D eigenvalue weighted by Crippen LogP contribution is -2.41. The first-order chi connectivity index (χ1) is 16.1. The molecule has 1 aliphatic carbocycles. The van der Waals surface area contributed by atoms with E-state index in [0.717, 1.165) is 36.9 Å². The summed E-state index contributed by atoms with van der Waals surface area (Å²) in [5.41, 5.74) is 2.47. The Balaban J connectivity index is 1.63. The topological polar surface area (TPSA) is 43.7 Å². The first kappa shape index (κ1) is 22.9. The SMILES string of the molecule is COc1cc(OC)cc(C(=O)N(Cc2cccn2Cc2cccc(F)c2)C2CCCCC2)c1. The number of rotatable bonds is 8. The van der Waals surface area contributed by atoms with Gasteiger partial charge in [0.1, 0.15) is 17.3 Å². The monoisotopic (exact) mass is 450 g/mol. The summed E-state index contributed by atoms with van der Waals surface area (Å²) in [6, 6.07) is 16.1. The van der Waals surface area contributed by atoms with E-state index in [-0.39, 0.29) is 17.8 Å². The predicted molar refractivity (Wildman–Crippen MR) is 126 cm³/mol. The first-order valence-corrected chi connectivity index (χ1v) is 11.5. The molecule has 5 nitrogen and oxygen atoms in total. The quantitative estimate of drug-likeness (QED) is 0.444. The van der Waals surface area contributed by atoms with E-state index in [1.807, 2.05) is 29.3 Å². The molecule has 1 heterocycles. The van der Waals surface area contributed by atoms with Gasteiger partial charge in [-0.15, -0.1) is 0 Å². The molecule has 6 heteroatoms. The van der Waals surface area contributed by atoms with Gasteiger partial charge in [-0.05, 0) is 54.8 Å². The van der Waals surface area contributed by atoms with Gasteiger partial charge in [0.25, 0.3) is 5.91 Å². The molecule has 174 valence electrons. The number of carbonyl (C=O) groups is 1. The molecule has 1 amide bonds. The van der Waals surface area contributed by atoms with Gasteiger partial charge >= 0.3 is 0 Å². The molecule has 0 N–H and O–H groups in total. The molecule has 1 saturated carbocycles. The molecular formula is C27H31FN2O3. The average molecular weight is 451 g/mol. The molecule has 0 spiro atoms. The second-order valence-corrected chi connectivity index (χ2v) is 8.58. The maximum absolute atomic E-state index is 13.8. The number of benzene rings is 2. The number of aromatic nitrogens is 1. The molecule has 0 radical (unpaired) electrons. The van der Waals surface area contributed by atoms with Crippen LogP contribution in [-0.2, 0) is 13.1 Å². The summed E-state index contributed by atoms with van der Waals surface area (Å²) in [5.74, 6) is 0.913. The highest BCUT2D eigenvalue weighted by Crippen LogP contribution is 2.29. The number of nitrogens with zero attached hydrogens (tertiary/aromatic N) is 2. The van der Waals surface area contributed by atoms with E-state index in [2.05, 4.69) is 4.57 Å². The second kappa shape index (κ2) is 10.6. The van der Waals surface area contributed by atoms with Crippen molar-refractivity contribution in [1.29, 1.82) is 0 Å². The zero-order chi connectivity index (χ0) is 23.2. The zero-order valence-corrected chi connectivity index (χ0v) is 19.3. The third kappa shape index (κ3) is 5.56.